The zero-order valence-corrected chi connectivity index (χ0v) is 17.9. The van der Waals surface area contributed by atoms with E-state index >= 15 is 0 Å². The van der Waals surface area contributed by atoms with Gasteiger partial charge in [0.15, 0.2) is 16.8 Å². The lowest BCUT2D eigenvalue weighted by Gasteiger charge is -2.16. The Morgan fingerprint density at radius 3 is 2.52 bits per heavy atom. The molecule has 1 saturated carbocycles. The normalized spacial score (nSPS) is 14.3. The molecule has 1 aromatic heterocycles. The summed E-state index contributed by atoms with van der Waals surface area (Å²) in [4.78, 5) is 24.6. The second-order valence-corrected chi connectivity index (χ2v) is 8.54. The summed E-state index contributed by atoms with van der Waals surface area (Å²) in [7, 11) is 0. The number of carbonyl (C=O) groups is 2. The van der Waals surface area contributed by atoms with Crippen molar-refractivity contribution in [1.82, 2.24) is 20.1 Å². The van der Waals surface area contributed by atoms with E-state index in [0.717, 1.165) is 18.4 Å². The van der Waals surface area contributed by atoms with E-state index in [4.69, 9.17) is 0 Å². The quantitative estimate of drug-likeness (QED) is 0.514. The highest BCUT2D eigenvalue weighted by molar-refractivity contribution is 7.99. The van der Waals surface area contributed by atoms with Crippen molar-refractivity contribution in [2.75, 3.05) is 5.75 Å². The van der Waals surface area contributed by atoms with E-state index in [2.05, 4.69) is 15.5 Å². The molecular weight excluding hydrogens is 415 g/mol. The summed E-state index contributed by atoms with van der Waals surface area (Å²) in [5.74, 6) is -0.115. The van der Waals surface area contributed by atoms with Crippen LogP contribution in [0.5, 0.6) is 0 Å². The van der Waals surface area contributed by atoms with Crippen LogP contribution in [0, 0.1) is 5.82 Å². The molecule has 1 fully saturated rings. The molecular formula is C23H23FN4O2S. The molecule has 1 atom stereocenters. The molecule has 6 nitrogen and oxygen atoms in total. The minimum Gasteiger partial charge on any atom is -0.345 e. The number of hydrogen-bond acceptors (Lipinski definition) is 5. The number of nitrogens with one attached hydrogen (secondary N) is 1. The van der Waals surface area contributed by atoms with Crippen LogP contribution in [0.4, 0.5) is 4.39 Å². The highest BCUT2D eigenvalue weighted by Crippen LogP contribution is 2.41. The van der Waals surface area contributed by atoms with E-state index in [-0.39, 0.29) is 29.3 Å². The lowest BCUT2D eigenvalue weighted by Crippen LogP contribution is -2.42. The number of ketones is 1. The average Bonchev–Trinajstić information content (AvgIpc) is 3.52. The van der Waals surface area contributed by atoms with Gasteiger partial charge in [-0.2, -0.15) is 0 Å². The molecule has 8 heteroatoms. The summed E-state index contributed by atoms with van der Waals surface area (Å²) in [6, 6.07) is 15.7. The topological polar surface area (TPSA) is 76.9 Å². The van der Waals surface area contributed by atoms with E-state index in [0.29, 0.717) is 23.0 Å². The summed E-state index contributed by atoms with van der Waals surface area (Å²) in [5.41, 5.74) is 1.39. The molecule has 1 heterocycles. The van der Waals surface area contributed by atoms with Crippen LogP contribution in [0.25, 0.3) is 11.4 Å². The largest absolute Gasteiger partial charge is 0.345 e. The number of benzene rings is 2. The van der Waals surface area contributed by atoms with Gasteiger partial charge in [-0.1, -0.05) is 54.2 Å². The van der Waals surface area contributed by atoms with Crippen LogP contribution in [0.2, 0.25) is 0 Å². The molecule has 0 aliphatic heterocycles. The average molecular weight is 439 g/mol. The summed E-state index contributed by atoms with van der Waals surface area (Å²) in [5, 5.41) is 11.8. The third kappa shape index (κ3) is 5.19. The van der Waals surface area contributed by atoms with Crippen molar-refractivity contribution < 1.29 is 14.0 Å². The molecule has 0 radical (unpaired) electrons. The number of Topliss-reactive ketones (excluding diaryl/α,β-unsaturated/α-hetero) is 1. The zero-order chi connectivity index (χ0) is 21.8. The Bertz CT molecular complexity index is 1080. The standard InChI is InChI=1S/C23H23FN4O2S/c1-15(29)20(13-16-7-3-2-4-8-16)25-21(30)14-31-23-27-26-22(28(23)17-11-12-17)18-9-5-6-10-19(18)24/h2-10,17,20H,11-14H2,1H3,(H,25,30). The predicted molar refractivity (Wildman–Crippen MR) is 117 cm³/mol. The fourth-order valence-corrected chi connectivity index (χ4v) is 4.19. The summed E-state index contributed by atoms with van der Waals surface area (Å²) in [6.07, 6.45) is 2.40. The van der Waals surface area contributed by atoms with Gasteiger partial charge in [0.25, 0.3) is 0 Å². The molecule has 31 heavy (non-hydrogen) atoms. The van der Waals surface area contributed by atoms with Crippen LogP contribution in [0.15, 0.2) is 59.8 Å². The number of rotatable bonds is 9. The lowest BCUT2D eigenvalue weighted by molar-refractivity contribution is -0.125. The van der Waals surface area contributed by atoms with Gasteiger partial charge in [-0.15, -0.1) is 10.2 Å². The van der Waals surface area contributed by atoms with Crippen LogP contribution < -0.4 is 5.32 Å². The summed E-state index contributed by atoms with van der Waals surface area (Å²) in [6.45, 7) is 1.48. The van der Waals surface area contributed by atoms with Gasteiger partial charge >= 0.3 is 0 Å². The maximum atomic E-state index is 14.3. The maximum Gasteiger partial charge on any atom is 0.231 e. The Labute approximate surface area is 184 Å². The van der Waals surface area contributed by atoms with E-state index in [9.17, 15) is 14.0 Å². The maximum absolute atomic E-state index is 14.3. The van der Waals surface area contributed by atoms with Crippen LogP contribution in [0.3, 0.4) is 0 Å². The molecule has 0 bridgehead atoms. The number of thioether (sulfide) groups is 1. The van der Waals surface area contributed by atoms with Crippen LogP contribution in [-0.4, -0.2) is 38.2 Å². The first kappa shape index (κ1) is 21.2. The van der Waals surface area contributed by atoms with E-state index in [1.165, 1.54) is 24.8 Å². The first-order valence-electron chi connectivity index (χ1n) is 10.2. The number of amides is 1. The fraction of sp³-hybridized carbons (Fsp3) is 0.304. The number of hydrogen-bond donors (Lipinski definition) is 1. The minimum absolute atomic E-state index is 0.0924. The number of aromatic nitrogens is 3. The fourth-order valence-electron chi connectivity index (χ4n) is 3.38. The van der Waals surface area contributed by atoms with Crippen molar-refractivity contribution in [3.63, 3.8) is 0 Å². The van der Waals surface area contributed by atoms with Crippen LogP contribution >= 0.6 is 11.8 Å². The van der Waals surface area contributed by atoms with E-state index in [1.54, 1.807) is 18.2 Å². The zero-order valence-electron chi connectivity index (χ0n) is 17.1. The molecule has 2 aromatic carbocycles. The van der Waals surface area contributed by atoms with Gasteiger partial charge < -0.3 is 5.32 Å². The summed E-state index contributed by atoms with van der Waals surface area (Å²) >= 11 is 1.25. The molecule has 0 saturated heterocycles. The second-order valence-electron chi connectivity index (χ2n) is 7.60. The van der Waals surface area contributed by atoms with Crippen molar-refractivity contribution in [2.24, 2.45) is 0 Å². The van der Waals surface area contributed by atoms with Crippen molar-refractivity contribution in [3.8, 4) is 11.4 Å². The number of nitrogens with zero attached hydrogens (tertiary/aromatic N) is 3. The molecule has 1 unspecified atom stereocenters. The van der Waals surface area contributed by atoms with Crippen molar-refractivity contribution in [1.29, 1.82) is 0 Å². The van der Waals surface area contributed by atoms with Gasteiger partial charge in [0.05, 0.1) is 17.4 Å². The third-order valence-corrected chi connectivity index (χ3v) is 6.08. The third-order valence-electron chi connectivity index (χ3n) is 5.13. The highest BCUT2D eigenvalue weighted by Gasteiger charge is 2.31. The van der Waals surface area contributed by atoms with Gasteiger partial charge in [0.1, 0.15) is 5.82 Å². The Balaban J connectivity index is 1.43. The SMILES string of the molecule is CC(=O)C(Cc1ccccc1)NC(=O)CSc1nnc(-c2ccccc2F)n1C1CC1. The van der Waals surface area contributed by atoms with Crippen molar-refractivity contribution in [2.45, 2.75) is 43.4 Å². The summed E-state index contributed by atoms with van der Waals surface area (Å²) < 4.78 is 16.2. The molecule has 1 N–H and O–H groups in total. The van der Waals surface area contributed by atoms with E-state index in [1.807, 2.05) is 34.9 Å². The molecule has 1 aliphatic carbocycles. The second kappa shape index (κ2) is 9.43. The Morgan fingerprint density at radius 2 is 1.84 bits per heavy atom. The molecule has 1 amide bonds. The smallest absolute Gasteiger partial charge is 0.231 e. The van der Waals surface area contributed by atoms with Gasteiger partial charge in [0, 0.05) is 6.04 Å². The monoisotopic (exact) mass is 438 g/mol. The lowest BCUT2D eigenvalue weighted by atomic mass is 10.0. The molecule has 160 valence electrons. The molecule has 4 rings (SSSR count). The van der Waals surface area contributed by atoms with E-state index < -0.39 is 6.04 Å². The van der Waals surface area contributed by atoms with Gasteiger partial charge in [-0.05, 0) is 43.9 Å². The minimum atomic E-state index is -0.578. The predicted octanol–water partition coefficient (Wildman–Crippen LogP) is 3.83. The molecule has 3 aromatic rings. The van der Waals surface area contributed by atoms with Crippen molar-refractivity contribution >= 4 is 23.5 Å². The molecule has 1 aliphatic rings. The van der Waals surface area contributed by atoms with Gasteiger partial charge in [-0.3, -0.25) is 14.2 Å². The van der Waals surface area contributed by atoms with Crippen molar-refractivity contribution in [3.05, 3.63) is 66.0 Å². The van der Waals surface area contributed by atoms with Gasteiger partial charge in [-0.25, -0.2) is 4.39 Å². The Hall–Kier alpha value is -3.00. The van der Waals surface area contributed by atoms with Gasteiger partial charge in [0.2, 0.25) is 5.91 Å². The highest BCUT2D eigenvalue weighted by atomic mass is 32.2. The number of halogens is 1. The Kier molecular flexibility index (Phi) is 6.46. The molecule has 0 spiro atoms. The van der Waals surface area contributed by atoms with Crippen LogP contribution in [-0.2, 0) is 16.0 Å². The van der Waals surface area contributed by atoms with Crippen LogP contribution in [0.1, 0.15) is 31.4 Å². The first-order chi connectivity index (χ1) is 15.0. The first-order valence-corrected chi connectivity index (χ1v) is 11.2. The number of carbonyl (C=O) groups excluding carboxylic acids is 2. The Morgan fingerprint density at radius 1 is 1.13 bits per heavy atom.